The minimum absolute atomic E-state index is 0.180. The van der Waals surface area contributed by atoms with Crippen LogP contribution in [0.1, 0.15) is 51.5 Å². The molecule has 3 heteroatoms. The van der Waals surface area contributed by atoms with Crippen LogP contribution >= 0.6 is 0 Å². The van der Waals surface area contributed by atoms with E-state index in [1.54, 1.807) is 19.2 Å². The molecule has 2 aromatic rings. The molecule has 0 saturated heterocycles. The second-order valence-electron chi connectivity index (χ2n) is 5.96. The average Bonchev–Trinajstić information content (AvgIpc) is 2.48. The van der Waals surface area contributed by atoms with Gasteiger partial charge < -0.3 is 9.84 Å². The van der Waals surface area contributed by atoms with E-state index in [4.69, 9.17) is 4.74 Å². The Morgan fingerprint density at radius 1 is 1.10 bits per heavy atom. The highest BCUT2D eigenvalue weighted by molar-refractivity contribution is 5.34. The molecule has 2 rings (SSSR count). The fourth-order valence-corrected chi connectivity index (χ4v) is 2.01. The SMILES string of the molecule is CCC(C)(C)c1ccc(Oc2ccc([C@H](C)O)nc2)cc1. The summed E-state index contributed by atoms with van der Waals surface area (Å²) in [4.78, 5) is 4.17. The Morgan fingerprint density at radius 3 is 2.19 bits per heavy atom. The topological polar surface area (TPSA) is 42.4 Å². The van der Waals surface area contributed by atoms with Crippen molar-refractivity contribution in [1.29, 1.82) is 0 Å². The van der Waals surface area contributed by atoms with E-state index in [1.165, 1.54) is 5.56 Å². The van der Waals surface area contributed by atoms with Crippen molar-refractivity contribution in [1.82, 2.24) is 4.98 Å². The van der Waals surface area contributed by atoms with Crippen LogP contribution in [0.4, 0.5) is 0 Å². The number of aliphatic hydroxyl groups is 1. The van der Waals surface area contributed by atoms with Crippen LogP contribution in [0.25, 0.3) is 0 Å². The number of nitrogens with zero attached hydrogens (tertiary/aromatic N) is 1. The molecule has 3 nitrogen and oxygen atoms in total. The first-order chi connectivity index (χ1) is 9.92. The van der Waals surface area contributed by atoms with Crippen LogP contribution in [-0.4, -0.2) is 10.1 Å². The zero-order chi connectivity index (χ0) is 15.5. The molecular weight excluding hydrogens is 262 g/mol. The van der Waals surface area contributed by atoms with Crippen molar-refractivity contribution in [3.8, 4) is 11.5 Å². The number of hydrogen-bond donors (Lipinski definition) is 1. The third-order valence-corrected chi connectivity index (χ3v) is 3.94. The number of aliphatic hydroxyl groups excluding tert-OH is 1. The number of rotatable bonds is 5. The average molecular weight is 285 g/mol. The highest BCUT2D eigenvalue weighted by atomic mass is 16.5. The molecule has 0 spiro atoms. The largest absolute Gasteiger partial charge is 0.456 e. The van der Waals surface area contributed by atoms with Crippen LogP contribution < -0.4 is 4.74 Å². The first kappa shape index (κ1) is 15.5. The maximum Gasteiger partial charge on any atom is 0.145 e. The summed E-state index contributed by atoms with van der Waals surface area (Å²) in [6, 6.07) is 11.8. The summed E-state index contributed by atoms with van der Waals surface area (Å²) in [6.45, 7) is 8.36. The lowest BCUT2D eigenvalue weighted by atomic mass is 9.82. The molecule has 0 bridgehead atoms. The molecule has 0 amide bonds. The molecule has 0 radical (unpaired) electrons. The zero-order valence-corrected chi connectivity index (χ0v) is 13.1. The lowest BCUT2D eigenvalue weighted by Gasteiger charge is -2.23. The minimum Gasteiger partial charge on any atom is -0.456 e. The predicted octanol–water partition coefficient (Wildman–Crippen LogP) is 4.61. The van der Waals surface area contributed by atoms with Gasteiger partial charge in [0.1, 0.15) is 11.5 Å². The van der Waals surface area contributed by atoms with Crippen molar-refractivity contribution in [2.24, 2.45) is 0 Å². The number of pyridine rings is 1. The second-order valence-corrected chi connectivity index (χ2v) is 5.96. The van der Waals surface area contributed by atoms with E-state index in [-0.39, 0.29) is 5.41 Å². The van der Waals surface area contributed by atoms with Gasteiger partial charge in [-0.1, -0.05) is 32.9 Å². The van der Waals surface area contributed by atoms with Gasteiger partial charge in [0.25, 0.3) is 0 Å². The maximum atomic E-state index is 9.43. The summed E-state index contributed by atoms with van der Waals surface area (Å²) >= 11 is 0. The summed E-state index contributed by atoms with van der Waals surface area (Å²) in [5, 5.41) is 9.43. The van der Waals surface area contributed by atoms with Gasteiger partial charge in [0.2, 0.25) is 0 Å². The van der Waals surface area contributed by atoms with Gasteiger partial charge in [-0.25, -0.2) is 0 Å². The summed E-state index contributed by atoms with van der Waals surface area (Å²) in [5.74, 6) is 1.46. The van der Waals surface area contributed by atoms with E-state index in [0.717, 1.165) is 12.2 Å². The molecule has 1 atom stereocenters. The molecule has 21 heavy (non-hydrogen) atoms. The highest BCUT2D eigenvalue weighted by Gasteiger charge is 2.17. The summed E-state index contributed by atoms with van der Waals surface area (Å²) < 4.78 is 5.77. The molecule has 1 aromatic heterocycles. The van der Waals surface area contributed by atoms with Crippen LogP contribution in [-0.2, 0) is 5.41 Å². The van der Waals surface area contributed by atoms with Gasteiger partial charge in [0, 0.05) is 0 Å². The predicted molar refractivity (Wildman–Crippen MR) is 84.7 cm³/mol. The summed E-state index contributed by atoms with van der Waals surface area (Å²) in [6.07, 6.45) is 2.17. The van der Waals surface area contributed by atoms with Crippen molar-refractivity contribution in [3.63, 3.8) is 0 Å². The summed E-state index contributed by atoms with van der Waals surface area (Å²) in [7, 11) is 0. The van der Waals surface area contributed by atoms with Crippen molar-refractivity contribution < 1.29 is 9.84 Å². The van der Waals surface area contributed by atoms with Crippen LogP contribution in [0.5, 0.6) is 11.5 Å². The summed E-state index contributed by atoms with van der Waals surface area (Å²) in [5.41, 5.74) is 2.13. The molecule has 0 fully saturated rings. The molecule has 1 N–H and O–H groups in total. The van der Waals surface area contributed by atoms with E-state index < -0.39 is 6.10 Å². The zero-order valence-electron chi connectivity index (χ0n) is 13.1. The Hall–Kier alpha value is -1.87. The van der Waals surface area contributed by atoms with Crippen molar-refractivity contribution in [3.05, 3.63) is 53.9 Å². The quantitative estimate of drug-likeness (QED) is 0.872. The number of aromatic nitrogens is 1. The normalized spacial score (nSPS) is 13.0. The van der Waals surface area contributed by atoms with E-state index in [0.29, 0.717) is 11.4 Å². The third kappa shape index (κ3) is 3.82. The third-order valence-electron chi connectivity index (χ3n) is 3.94. The van der Waals surface area contributed by atoms with Gasteiger partial charge in [-0.15, -0.1) is 0 Å². The Morgan fingerprint density at radius 2 is 1.71 bits per heavy atom. The Labute approximate surface area is 126 Å². The van der Waals surface area contributed by atoms with Crippen LogP contribution in [0.15, 0.2) is 42.6 Å². The second kappa shape index (κ2) is 6.27. The fraction of sp³-hybridized carbons (Fsp3) is 0.389. The highest BCUT2D eigenvalue weighted by Crippen LogP contribution is 2.29. The first-order valence-electron chi connectivity index (χ1n) is 7.35. The van der Waals surface area contributed by atoms with Gasteiger partial charge in [-0.05, 0) is 48.6 Å². The van der Waals surface area contributed by atoms with Gasteiger partial charge in [0.15, 0.2) is 0 Å². The van der Waals surface area contributed by atoms with Crippen LogP contribution in [0, 0.1) is 0 Å². The molecule has 0 saturated carbocycles. The van der Waals surface area contributed by atoms with Crippen molar-refractivity contribution in [2.45, 2.75) is 45.6 Å². The number of hydrogen-bond acceptors (Lipinski definition) is 3. The van der Waals surface area contributed by atoms with Gasteiger partial charge in [0.05, 0.1) is 18.0 Å². The lowest BCUT2D eigenvalue weighted by molar-refractivity contribution is 0.194. The van der Waals surface area contributed by atoms with E-state index in [9.17, 15) is 5.11 Å². The smallest absolute Gasteiger partial charge is 0.145 e. The van der Waals surface area contributed by atoms with Crippen molar-refractivity contribution in [2.75, 3.05) is 0 Å². The Bertz CT molecular complexity index is 571. The standard InChI is InChI=1S/C18H23NO2/c1-5-18(3,4)14-6-8-15(9-7-14)21-16-10-11-17(13(2)20)19-12-16/h6-13,20H,5H2,1-4H3/t13-/m0/s1. The van der Waals surface area contributed by atoms with E-state index in [2.05, 4.69) is 37.9 Å². The molecule has 1 aromatic carbocycles. The van der Waals surface area contributed by atoms with E-state index in [1.807, 2.05) is 18.2 Å². The molecule has 0 unspecified atom stereocenters. The maximum absolute atomic E-state index is 9.43. The fourth-order valence-electron chi connectivity index (χ4n) is 2.01. The number of ether oxygens (including phenoxy) is 1. The molecule has 0 aliphatic rings. The van der Waals surface area contributed by atoms with Gasteiger partial charge in [-0.2, -0.15) is 0 Å². The Balaban J connectivity index is 2.10. The molecule has 0 aliphatic carbocycles. The lowest BCUT2D eigenvalue weighted by Crippen LogP contribution is -2.14. The molecular formula is C18H23NO2. The van der Waals surface area contributed by atoms with E-state index >= 15 is 0 Å². The first-order valence-corrected chi connectivity index (χ1v) is 7.35. The monoisotopic (exact) mass is 285 g/mol. The van der Waals surface area contributed by atoms with Crippen LogP contribution in [0.2, 0.25) is 0 Å². The van der Waals surface area contributed by atoms with Crippen molar-refractivity contribution >= 4 is 0 Å². The molecule has 1 heterocycles. The van der Waals surface area contributed by atoms with Crippen LogP contribution in [0.3, 0.4) is 0 Å². The number of benzene rings is 1. The van der Waals surface area contributed by atoms with Gasteiger partial charge >= 0.3 is 0 Å². The molecule has 112 valence electrons. The van der Waals surface area contributed by atoms with Gasteiger partial charge in [-0.3, -0.25) is 4.98 Å². The molecule has 0 aliphatic heterocycles. The Kier molecular flexibility index (Phi) is 4.63. The minimum atomic E-state index is -0.561.